The Morgan fingerprint density at radius 3 is 2.32 bits per heavy atom. The number of nitrogens with one attached hydrogen (secondary N) is 2. The van der Waals surface area contributed by atoms with Gasteiger partial charge in [-0.05, 0) is 54.8 Å². The van der Waals surface area contributed by atoms with Crippen LogP contribution in [0.1, 0.15) is 30.5 Å². The number of amides is 2. The van der Waals surface area contributed by atoms with E-state index in [1.54, 1.807) is 0 Å². The smallest absolute Gasteiger partial charge is 0.319 e. The molecule has 3 aromatic carbocycles. The molecule has 2 N–H and O–H groups in total. The lowest BCUT2D eigenvalue weighted by Gasteiger charge is -2.12. The molecule has 3 rings (SSSR count). The topological polar surface area (TPSA) is 67.4 Å². The van der Waals surface area contributed by atoms with Crippen LogP contribution in [0.4, 0.5) is 10.5 Å². The number of urea groups is 1. The molecular weight excluding hydrogens is 408 g/mol. The van der Waals surface area contributed by atoms with Crippen LogP contribution < -0.4 is 15.4 Å². The van der Waals surface area contributed by atoms with E-state index >= 15 is 0 Å². The molecule has 0 saturated heterocycles. The van der Waals surface area contributed by atoms with E-state index < -0.39 is 10.8 Å². The van der Waals surface area contributed by atoms with Gasteiger partial charge in [0.1, 0.15) is 5.75 Å². The van der Waals surface area contributed by atoms with Gasteiger partial charge in [-0.1, -0.05) is 54.6 Å². The second-order valence-electron chi connectivity index (χ2n) is 7.54. The molecule has 0 aromatic heterocycles. The minimum absolute atomic E-state index is 0.0980. The summed E-state index contributed by atoms with van der Waals surface area (Å²) in [7, 11) is -1.02. The highest BCUT2D eigenvalue weighted by molar-refractivity contribution is 7.83. The standard InChI is InChI=1S/C25H28N2O3S/c1-19(2)30-24-13-7-10-21(15-24)16-26-25(28)27-23-12-6-11-22(14-23)18-31(29)17-20-8-4-3-5-9-20/h3-15,19H,16-18H2,1-2H3,(H2,26,27,28). The van der Waals surface area contributed by atoms with E-state index in [4.69, 9.17) is 4.74 Å². The second-order valence-corrected chi connectivity index (χ2v) is 8.99. The van der Waals surface area contributed by atoms with Crippen molar-refractivity contribution < 1.29 is 13.7 Å². The second kappa shape index (κ2) is 11.3. The van der Waals surface area contributed by atoms with Gasteiger partial charge in [0.25, 0.3) is 0 Å². The maximum absolute atomic E-state index is 12.5. The molecule has 0 heterocycles. The van der Waals surface area contributed by atoms with Crippen molar-refractivity contribution in [3.05, 3.63) is 95.6 Å². The quantitative estimate of drug-likeness (QED) is 0.482. The summed E-state index contributed by atoms with van der Waals surface area (Å²) < 4.78 is 18.2. The van der Waals surface area contributed by atoms with Gasteiger partial charge in [-0.25, -0.2) is 4.79 Å². The average Bonchev–Trinajstić information content (AvgIpc) is 2.73. The lowest BCUT2D eigenvalue weighted by molar-refractivity contribution is 0.242. The molecule has 3 aromatic rings. The number of ether oxygens (including phenoxy) is 1. The monoisotopic (exact) mass is 436 g/mol. The van der Waals surface area contributed by atoms with Gasteiger partial charge in [0.15, 0.2) is 0 Å². The number of carbonyl (C=O) groups is 1. The summed E-state index contributed by atoms with van der Waals surface area (Å²) >= 11 is 0. The Morgan fingerprint density at radius 2 is 1.55 bits per heavy atom. The Balaban J connectivity index is 1.51. The molecule has 1 unspecified atom stereocenters. The van der Waals surface area contributed by atoms with Crippen LogP contribution in [0.15, 0.2) is 78.9 Å². The van der Waals surface area contributed by atoms with E-state index in [0.717, 1.165) is 22.4 Å². The average molecular weight is 437 g/mol. The molecule has 1 atom stereocenters. The van der Waals surface area contributed by atoms with Crippen molar-refractivity contribution in [2.24, 2.45) is 0 Å². The van der Waals surface area contributed by atoms with Crippen molar-refractivity contribution >= 4 is 22.5 Å². The van der Waals surface area contributed by atoms with Crippen LogP contribution in [0.3, 0.4) is 0 Å². The summed E-state index contributed by atoms with van der Waals surface area (Å²) in [4.78, 5) is 12.3. The Labute approximate surface area is 186 Å². The van der Waals surface area contributed by atoms with Crippen LogP contribution in [-0.2, 0) is 28.9 Å². The normalized spacial score (nSPS) is 11.7. The van der Waals surface area contributed by atoms with Crippen molar-refractivity contribution in [2.75, 3.05) is 5.32 Å². The lowest BCUT2D eigenvalue weighted by atomic mass is 10.2. The molecule has 0 saturated carbocycles. The summed E-state index contributed by atoms with van der Waals surface area (Å²) in [6, 6.07) is 24.6. The van der Waals surface area contributed by atoms with Crippen molar-refractivity contribution in [3.8, 4) is 5.75 Å². The minimum Gasteiger partial charge on any atom is -0.491 e. The first kappa shape index (κ1) is 22.6. The first-order valence-corrected chi connectivity index (χ1v) is 11.7. The molecule has 0 aliphatic carbocycles. The van der Waals surface area contributed by atoms with E-state index in [1.807, 2.05) is 92.7 Å². The summed E-state index contributed by atoms with van der Waals surface area (Å²) in [6.45, 7) is 4.34. The largest absolute Gasteiger partial charge is 0.491 e. The number of rotatable bonds is 9. The molecule has 0 bridgehead atoms. The third-order valence-corrected chi connectivity index (χ3v) is 5.72. The Kier molecular flexibility index (Phi) is 8.24. The summed E-state index contributed by atoms with van der Waals surface area (Å²) in [5, 5.41) is 5.70. The molecule has 5 nitrogen and oxygen atoms in total. The fraction of sp³-hybridized carbons (Fsp3) is 0.240. The van der Waals surface area contributed by atoms with Crippen LogP contribution >= 0.6 is 0 Å². The SMILES string of the molecule is CC(C)Oc1cccc(CNC(=O)Nc2cccc(CS(=O)Cc3ccccc3)c2)c1. The van der Waals surface area contributed by atoms with Gasteiger partial charge in [-0.15, -0.1) is 0 Å². The molecular formula is C25H28N2O3S. The van der Waals surface area contributed by atoms with Crippen molar-refractivity contribution in [2.45, 2.75) is 38.0 Å². The molecule has 6 heteroatoms. The van der Waals surface area contributed by atoms with Gasteiger partial charge in [-0.2, -0.15) is 0 Å². The predicted molar refractivity (Wildman–Crippen MR) is 126 cm³/mol. The Morgan fingerprint density at radius 1 is 0.871 bits per heavy atom. The van der Waals surface area contributed by atoms with Crippen LogP contribution in [0.25, 0.3) is 0 Å². The fourth-order valence-corrected chi connectivity index (χ4v) is 4.31. The third kappa shape index (κ3) is 7.90. The van der Waals surface area contributed by atoms with Crippen LogP contribution in [0.5, 0.6) is 5.75 Å². The van der Waals surface area contributed by atoms with Crippen LogP contribution in [0, 0.1) is 0 Å². The molecule has 0 radical (unpaired) electrons. The van der Waals surface area contributed by atoms with Gasteiger partial charge in [0.05, 0.1) is 6.10 Å². The van der Waals surface area contributed by atoms with Crippen molar-refractivity contribution in [1.82, 2.24) is 5.32 Å². The number of anilines is 1. The van der Waals surface area contributed by atoms with E-state index in [1.165, 1.54) is 0 Å². The minimum atomic E-state index is -1.02. The number of hydrogen-bond donors (Lipinski definition) is 2. The summed E-state index contributed by atoms with van der Waals surface area (Å²) in [6.07, 6.45) is 0.0980. The first-order chi connectivity index (χ1) is 15.0. The van der Waals surface area contributed by atoms with Crippen LogP contribution in [0.2, 0.25) is 0 Å². The van der Waals surface area contributed by atoms with Gasteiger partial charge in [-0.3, -0.25) is 4.21 Å². The van der Waals surface area contributed by atoms with Gasteiger partial charge in [0.2, 0.25) is 0 Å². The number of carbonyl (C=O) groups excluding carboxylic acids is 1. The van der Waals surface area contributed by atoms with Crippen molar-refractivity contribution in [3.63, 3.8) is 0 Å². The highest BCUT2D eigenvalue weighted by atomic mass is 32.2. The third-order valence-electron chi connectivity index (χ3n) is 4.41. The maximum Gasteiger partial charge on any atom is 0.319 e. The van der Waals surface area contributed by atoms with Crippen LogP contribution in [-0.4, -0.2) is 16.3 Å². The van der Waals surface area contributed by atoms with E-state index in [0.29, 0.717) is 23.7 Å². The highest BCUT2D eigenvalue weighted by Crippen LogP contribution is 2.16. The fourth-order valence-electron chi connectivity index (χ4n) is 3.09. The molecule has 0 fully saturated rings. The maximum atomic E-state index is 12.5. The molecule has 0 aliphatic heterocycles. The molecule has 31 heavy (non-hydrogen) atoms. The number of benzene rings is 3. The predicted octanol–water partition coefficient (Wildman–Crippen LogP) is 5.24. The molecule has 0 spiro atoms. The number of hydrogen-bond acceptors (Lipinski definition) is 3. The highest BCUT2D eigenvalue weighted by Gasteiger charge is 2.07. The van der Waals surface area contributed by atoms with Gasteiger partial charge >= 0.3 is 6.03 Å². The first-order valence-electron chi connectivity index (χ1n) is 10.3. The Hall–Kier alpha value is -3.12. The lowest BCUT2D eigenvalue weighted by Crippen LogP contribution is -2.28. The van der Waals surface area contributed by atoms with E-state index in [-0.39, 0.29) is 12.1 Å². The van der Waals surface area contributed by atoms with Crippen molar-refractivity contribution in [1.29, 1.82) is 0 Å². The summed E-state index contributed by atoms with van der Waals surface area (Å²) in [5.41, 5.74) is 3.60. The van der Waals surface area contributed by atoms with Gasteiger partial charge < -0.3 is 15.4 Å². The zero-order valence-electron chi connectivity index (χ0n) is 17.8. The Bertz CT molecular complexity index is 1020. The van der Waals surface area contributed by atoms with E-state index in [2.05, 4.69) is 10.6 Å². The molecule has 2 amide bonds. The van der Waals surface area contributed by atoms with Gasteiger partial charge in [0, 0.05) is 34.5 Å². The zero-order valence-corrected chi connectivity index (χ0v) is 18.7. The molecule has 162 valence electrons. The van der Waals surface area contributed by atoms with E-state index in [9.17, 15) is 9.00 Å². The molecule has 0 aliphatic rings. The summed E-state index contributed by atoms with van der Waals surface area (Å²) in [5.74, 6) is 1.73. The zero-order chi connectivity index (χ0) is 22.1.